The molecule has 2 N–H and O–H groups in total. The van der Waals surface area contributed by atoms with E-state index in [1.807, 2.05) is 0 Å². The number of nitrogens with one attached hydrogen (secondary N) is 1. The smallest absolute Gasteiger partial charge is 0.337 e. The van der Waals surface area contributed by atoms with E-state index in [9.17, 15) is 14.7 Å². The number of anilines is 1. The first kappa shape index (κ1) is 16.2. The van der Waals surface area contributed by atoms with Gasteiger partial charge in [-0.25, -0.2) is 9.48 Å². The minimum absolute atomic E-state index is 0.0928. The number of hydrogen-bond donors (Lipinski definition) is 2. The molecule has 1 heterocycles. The van der Waals surface area contributed by atoms with Crippen LogP contribution in [0, 0.1) is 0 Å². The molecule has 1 aromatic carbocycles. The van der Waals surface area contributed by atoms with Gasteiger partial charge in [0.2, 0.25) is 5.91 Å². The third-order valence-electron chi connectivity index (χ3n) is 3.05. The van der Waals surface area contributed by atoms with Crippen molar-refractivity contribution in [2.45, 2.75) is 6.42 Å². The molecule has 0 aliphatic carbocycles. The molecule has 0 aliphatic heterocycles. The van der Waals surface area contributed by atoms with Gasteiger partial charge in [-0.15, -0.1) is 5.10 Å². The van der Waals surface area contributed by atoms with Crippen molar-refractivity contribution in [1.29, 1.82) is 0 Å². The Morgan fingerprint density at radius 2 is 1.91 bits per heavy atom. The second-order valence-electron chi connectivity index (χ2n) is 4.50. The minimum Gasteiger partial charge on any atom is -0.493 e. The van der Waals surface area contributed by atoms with Crippen LogP contribution in [0.5, 0.6) is 11.5 Å². The van der Waals surface area contributed by atoms with Crippen LogP contribution in [0.25, 0.3) is 0 Å². The lowest BCUT2D eigenvalue weighted by Gasteiger charge is -2.13. The number of carboxylic acid groups (broad SMARTS) is 1. The van der Waals surface area contributed by atoms with E-state index in [1.54, 1.807) is 7.05 Å². The summed E-state index contributed by atoms with van der Waals surface area (Å²) in [6.45, 7) is 0. The molecule has 23 heavy (non-hydrogen) atoms. The molecule has 1 amide bonds. The number of aromatic nitrogens is 4. The van der Waals surface area contributed by atoms with E-state index >= 15 is 0 Å². The Bertz CT molecular complexity index is 742. The highest BCUT2D eigenvalue weighted by Crippen LogP contribution is 2.33. The Morgan fingerprint density at radius 3 is 2.43 bits per heavy atom. The number of amides is 1. The van der Waals surface area contributed by atoms with Crippen LogP contribution in [0.4, 0.5) is 5.69 Å². The maximum atomic E-state index is 12.1. The zero-order valence-corrected chi connectivity index (χ0v) is 12.7. The summed E-state index contributed by atoms with van der Waals surface area (Å²) in [4.78, 5) is 23.4. The SMILES string of the molecule is COc1cc(NC(=O)Cc2nnnn2C)c(C(=O)O)cc1OC. The molecule has 0 saturated carbocycles. The molecule has 122 valence electrons. The molecule has 0 spiro atoms. The van der Waals surface area contributed by atoms with Gasteiger partial charge >= 0.3 is 5.97 Å². The molecule has 2 rings (SSSR count). The quantitative estimate of drug-likeness (QED) is 0.767. The number of carbonyl (C=O) groups excluding carboxylic acids is 1. The normalized spacial score (nSPS) is 10.2. The summed E-state index contributed by atoms with van der Waals surface area (Å²) < 4.78 is 11.5. The summed E-state index contributed by atoms with van der Waals surface area (Å²) >= 11 is 0. The summed E-state index contributed by atoms with van der Waals surface area (Å²) in [7, 11) is 4.40. The lowest BCUT2D eigenvalue weighted by Crippen LogP contribution is -2.19. The predicted octanol–water partition coefficient (Wildman–Crippen LogP) is 0.107. The standard InChI is InChI=1S/C13H15N5O5/c1-18-11(15-16-17-18)6-12(19)14-8-5-10(23-3)9(22-2)4-7(8)13(20)21/h4-5H,6H2,1-3H3,(H,14,19)(H,20,21). The third kappa shape index (κ3) is 3.54. The summed E-state index contributed by atoms with van der Waals surface area (Å²) in [5.74, 6) is -0.771. The van der Waals surface area contributed by atoms with Crippen LogP contribution in [0.1, 0.15) is 16.2 Å². The molecular weight excluding hydrogens is 306 g/mol. The molecule has 2 aromatic rings. The number of aryl methyl sites for hydroxylation is 1. The van der Waals surface area contributed by atoms with Crippen molar-refractivity contribution in [3.8, 4) is 11.5 Å². The number of carbonyl (C=O) groups is 2. The van der Waals surface area contributed by atoms with Crippen LogP contribution < -0.4 is 14.8 Å². The lowest BCUT2D eigenvalue weighted by atomic mass is 10.1. The highest BCUT2D eigenvalue weighted by molar-refractivity contribution is 6.01. The van der Waals surface area contributed by atoms with Crippen molar-refractivity contribution in [1.82, 2.24) is 20.2 Å². The molecule has 0 radical (unpaired) electrons. The average molecular weight is 321 g/mol. The van der Waals surface area contributed by atoms with Gasteiger partial charge < -0.3 is 19.9 Å². The maximum absolute atomic E-state index is 12.1. The minimum atomic E-state index is -1.21. The zero-order valence-electron chi connectivity index (χ0n) is 12.7. The number of tetrazole rings is 1. The second kappa shape index (κ2) is 6.73. The highest BCUT2D eigenvalue weighted by atomic mass is 16.5. The molecule has 10 nitrogen and oxygen atoms in total. The lowest BCUT2D eigenvalue weighted by molar-refractivity contribution is -0.115. The molecule has 0 unspecified atom stereocenters. The Labute approximate surface area is 131 Å². The number of rotatable bonds is 6. The van der Waals surface area contributed by atoms with Crippen molar-refractivity contribution in [3.05, 3.63) is 23.5 Å². The second-order valence-corrected chi connectivity index (χ2v) is 4.50. The molecule has 1 aromatic heterocycles. The Kier molecular flexibility index (Phi) is 4.74. The van der Waals surface area contributed by atoms with Crippen molar-refractivity contribution < 1.29 is 24.2 Å². The fourth-order valence-electron chi connectivity index (χ4n) is 1.90. The first-order valence-electron chi connectivity index (χ1n) is 6.46. The number of aromatic carboxylic acids is 1. The van der Waals surface area contributed by atoms with E-state index in [-0.39, 0.29) is 23.4 Å². The van der Waals surface area contributed by atoms with Crippen LogP contribution in [0.15, 0.2) is 12.1 Å². The van der Waals surface area contributed by atoms with Crippen molar-refractivity contribution in [3.63, 3.8) is 0 Å². The molecule has 0 atom stereocenters. The molecule has 0 aliphatic rings. The fraction of sp³-hybridized carbons (Fsp3) is 0.308. The number of nitrogens with zero attached hydrogens (tertiary/aromatic N) is 4. The zero-order chi connectivity index (χ0) is 17.0. The summed E-state index contributed by atoms with van der Waals surface area (Å²) in [5, 5.41) is 22.5. The summed E-state index contributed by atoms with van der Waals surface area (Å²) in [5.41, 5.74) is -0.0256. The monoisotopic (exact) mass is 321 g/mol. The third-order valence-corrected chi connectivity index (χ3v) is 3.05. The van der Waals surface area contributed by atoms with Crippen LogP contribution in [-0.4, -0.2) is 51.4 Å². The number of carboxylic acids is 1. The van der Waals surface area contributed by atoms with Gasteiger partial charge in [-0.2, -0.15) is 0 Å². The molecule has 10 heteroatoms. The number of ether oxygens (including phenoxy) is 2. The molecule has 0 saturated heterocycles. The number of hydrogen-bond acceptors (Lipinski definition) is 7. The van der Waals surface area contributed by atoms with Gasteiger partial charge in [0.15, 0.2) is 17.3 Å². The van der Waals surface area contributed by atoms with Crippen molar-refractivity contribution in [2.75, 3.05) is 19.5 Å². The Balaban J connectivity index is 2.28. The number of methoxy groups -OCH3 is 2. The van der Waals surface area contributed by atoms with Crippen LogP contribution >= 0.6 is 0 Å². The maximum Gasteiger partial charge on any atom is 0.337 e. The van der Waals surface area contributed by atoms with E-state index in [0.717, 1.165) is 0 Å². The van der Waals surface area contributed by atoms with E-state index in [1.165, 1.54) is 31.0 Å². The molecule has 0 fully saturated rings. The van der Waals surface area contributed by atoms with Gasteiger partial charge in [0.05, 0.1) is 31.9 Å². The van der Waals surface area contributed by atoms with Gasteiger partial charge in [0, 0.05) is 19.2 Å². The van der Waals surface area contributed by atoms with E-state index < -0.39 is 11.9 Å². The van der Waals surface area contributed by atoms with Gasteiger partial charge in [-0.1, -0.05) is 0 Å². The van der Waals surface area contributed by atoms with Crippen LogP contribution in [-0.2, 0) is 18.3 Å². The van der Waals surface area contributed by atoms with E-state index in [2.05, 4.69) is 20.8 Å². The Morgan fingerprint density at radius 1 is 1.26 bits per heavy atom. The largest absolute Gasteiger partial charge is 0.493 e. The summed E-state index contributed by atoms with van der Waals surface area (Å²) in [6.07, 6.45) is -0.100. The average Bonchev–Trinajstić information content (AvgIpc) is 2.91. The highest BCUT2D eigenvalue weighted by Gasteiger charge is 2.19. The van der Waals surface area contributed by atoms with Crippen molar-refractivity contribution in [2.24, 2.45) is 7.05 Å². The van der Waals surface area contributed by atoms with Gasteiger partial charge in [-0.05, 0) is 10.4 Å². The molecule has 0 bridgehead atoms. The summed E-state index contributed by atoms with van der Waals surface area (Å²) in [6, 6.07) is 2.66. The first-order valence-corrected chi connectivity index (χ1v) is 6.46. The number of benzene rings is 1. The van der Waals surface area contributed by atoms with Crippen LogP contribution in [0.3, 0.4) is 0 Å². The van der Waals surface area contributed by atoms with Gasteiger partial charge in [-0.3, -0.25) is 4.79 Å². The van der Waals surface area contributed by atoms with Gasteiger partial charge in [0.25, 0.3) is 0 Å². The van der Waals surface area contributed by atoms with E-state index in [4.69, 9.17) is 9.47 Å². The van der Waals surface area contributed by atoms with Crippen LogP contribution in [0.2, 0.25) is 0 Å². The van der Waals surface area contributed by atoms with E-state index in [0.29, 0.717) is 11.6 Å². The van der Waals surface area contributed by atoms with Crippen molar-refractivity contribution >= 4 is 17.6 Å². The topological polar surface area (TPSA) is 128 Å². The molecular formula is C13H15N5O5. The Hall–Kier alpha value is -3.17. The predicted molar refractivity (Wildman–Crippen MR) is 77.6 cm³/mol. The van der Waals surface area contributed by atoms with Gasteiger partial charge in [0.1, 0.15) is 0 Å². The first-order chi connectivity index (χ1) is 11.0. The fourth-order valence-corrected chi connectivity index (χ4v) is 1.90.